The van der Waals surface area contributed by atoms with E-state index in [2.05, 4.69) is 39.1 Å². The summed E-state index contributed by atoms with van der Waals surface area (Å²) in [6, 6.07) is 23.2. The highest BCUT2D eigenvalue weighted by Gasteiger charge is 2.21. The highest BCUT2D eigenvalue weighted by Crippen LogP contribution is 2.33. The summed E-state index contributed by atoms with van der Waals surface area (Å²) in [5.74, 6) is -1.07. The maximum Gasteiger partial charge on any atom is 0.326 e. The fourth-order valence-electron chi connectivity index (χ4n) is 5.06. The van der Waals surface area contributed by atoms with Gasteiger partial charge < -0.3 is 24.8 Å². The summed E-state index contributed by atoms with van der Waals surface area (Å²) in [7, 11) is 0. The number of hydrogen-bond donors (Lipinski definition) is 3. The summed E-state index contributed by atoms with van der Waals surface area (Å²) in [4.78, 5) is 28.9. The van der Waals surface area contributed by atoms with Crippen molar-refractivity contribution in [1.29, 1.82) is 0 Å². The maximum atomic E-state index is 12.6. The first-order chi connectivity index (χ1) is 19.4. The molecule has 1 atom stereocenters. The zero-order valence-corrected chi connectivity index (χ0v) is 22.2. The van der Waals surface area contributed by atoms with Crippen LogP contribution in [0.15, 0.2) is 85.1 Å². The standard InChI is InChI=1S/C32H31N3O5/c1-21-31-27(15-16-33-21)26-14-13-25(19-29(26)35(31)17-5-8-22-6-3-2-4-7-22)40-20-30(37)34-28(32(38)39)18-23-9-11-24(36)12-10-23/h2-4,6-7,9-16,19,28,36H,5,8,17-18,20H2,1H3,(H,34,37)(H,38,39)/t28-/m0/s1. The van der Waals surface area contributed by atoms with E-state index in [1.54, 1.807) is 12.1 Å². The first-order valence-corrected chi connectivity index (χ1v) is 13.2. The number of carbonyl (C=O) groups excluding carboxylic acids is 1. The Morgan fingerprint density at radius 3 is 2.50 bits per heavy atom. The molecule has 3 N–H and O–H groups in total. The monoisotopic (exact) mass is 537 g/mol. The zero-order chi connectivity index (χ0) is 28.1. The minimum absolute atomic E-state index is 0.0871. The Morgan fingerprint density at radius 1 is 0.975 bits per heavy atom. The molecule has 1 amide bonds. The van der Waals surface area contributed by atoms with Crippen LogP contribution >= 0.6 is 0 Å². The van der Waals surface area contributed by atoms with Crippen LogP contribution in [0.5, 0.6) is 11.5 Å². The van der Waals surface area contributed by atoms with Crippen molar-refractivity contribution in [2.45, 2.75) is 38.8 Å². The molecule has 8 nitrogen and oxygen atoms in total. The first kappa shape index (κ1) is 26.7. The van der Waals surface area contributed by atoms with Crippen molar-refractivity contribution in [1.82, 2.24) is 14.9 Å². The molecule has 2 heterocycles. The van der Waals surface area contributed by atoms with Gasteiger partial charge in [0.25, 0.3) is 5.91 Å². The van der Waals surface area contributed by atoms with Crippen molar-refractivity contribution >= 4 is 33.7 Å². The molecule has 0 fully saturated rings. The number of carboxylic acid groups (broad SMARTS) is 1. The molecule has 8 heteroatoms. The van der Waals surface area contributed by atoms with Gasteiger partial charge in [-0.05, 0) is 61.2 Å². The molecule has 0 radical (unpaired) electrons. The number of hydrogen-bond acceptors (Lipinski definition) is 5. The number of nitrogens with zero attached hydrogens (tertiary/aromatic N) is 2. The van der Waals surface area contributed by atoms with E-state index >= 15 is 0 Å². The molecule has 0 unspecified atom stereocenters. The lowest BCUT2D eigenvalue weighted by Crippen LogP contribution is -2.44. The molecule has 0 spiro atoms. The van der Waals surface area contributed by atoms with E-state index in [0.717, 1.165) is 46.9 Å². The van der Waals surface area contributed by atoms with Crippen LogP contribution in [0.2, 0.25) is 0 Å². The van der Waals surface area contributed by atoms with E-state index in [1.807, 2.05) is 43.5 Å². The minimum atomic E-state index is -1.15. The Balaban J connectivity index is 1.31. The third-order valence-corrected chi connectivity index (χ3v) is 7.00. The molecule has 5 aromatic rings. The number of ether oxygens (including phenoxy) is 1. The van der Waals surface area contributed by atoms with Crippen molar-refractivity contribution in [2.24, 2.45) is 0 Å². The molecule has 0 saturated heterocycles. The highest BCUT2D eigenvalue weighted by molar-refractivity contribution is 6.09. The van der Waals surface area contributed by atoms with Crippen molar-refractivity contribution in [3.8, 4) is 11.5 Å². The Hall–Kier alpha value is -4.85. The average Bonchev–Trinajstić information content (AvgIpc) is 3.27. The van der Waals surface area contributed by atoms with Crippen LogP contribution in [0.4, 0.5) is 0 Å². The average molecular weight is 538 g/mol. The second-order valence-corrected chi connectivity index (χ2v) is 9.83. The van der Waals surface area contributed by atoms with E-state index in [1.165, 1.54) is 17.7 Å². The molecule has 40 heavy (non-hydrogen) atoms. The smallest absolute Gasteiger partial charge is 0.326 e. The summed E-state index contributed by atoms with van der Waals surface area (Å²) < 4.78 is 8.08. The molecule has 5 rings (SSSR count). The van der Waals surface area contributed by atoms with Gasteiger partial charge in [0.15, 0.2) is 6.61 Å². The van der Waals surface area contributed by atoms with E-state index in [9.17, 15) is 19.8 Å². The number of aromatic nitrogens is 2. The molecular formula is C32H31N3O5. The van der Waals surface area contributed by atoms with Gasteiger partial charge in [-0.25, -0.2) is 4.79 Å². The lowest BCUT2D eigenvalue weighted by atomic mass is 10.1. The molecule has 2 aromatic heterocycles. The normalized spacial score (nSPS) is 11.9. The number of carbonyl (C=O) groups is 2. The molecule has 0 aliphatic carbocycles. The van der Waals surface area contributed by atoms with E-state index in [-0.39, 0.29) is 18.8 Å². The Bertz CT molecular complexity index is 1640. The van der Waals surface area contributed by atoms with Gasteiger partial charge in [0.05, 0.1) is 16.7 Å². The number of fused-ring (bicyclic) bond motifs is 3. The molecule has 0 aliphatic heterocycles. The van der Waals surface area contributed by atoms with Gasteiger partial charge >= 0.3 is 5.97 Å². The van der Waals surface area contributed by atoms with Gasteiger partial charge in [-0.1, -0.05) is 42.5 Å². The van der Waals surface area contributed by atoms with E-state index in [0.29, 0.717) is 11.3 Å². The van der Waals surface area contributed by atoms with E-state index < -0.39 is 17.9 Å². The van der Waals surface area contributed by atoms with Gasteiger partial charge in [-0.15, -0.1) is 0 Å². The summed E-state index contributed by atoms with van der Waals surface area (Å²) in [6.07, 6.45) is 3.80. The van der Waals surface area contributed by atoms with Gasteiger partial charge in [0.2, 0.25) is 0 Å². The molecule has 204 valence electrons. The zero-order valence-electron chi connectivity index (χ0n) is 22.2. The number of aryl methyl sites for hydroxylation is 3. The highest BCUT2D eigenvalue weighted by atomic mass is 16.5. The lowest BCUT2D eigenvalue weighted by molar-refractivity contribution is -0.142. The largest absolute Gasteiger partial charge is 0.508 e. The molecule has 0 saturated carbocycles. The molecular weight excluding hydrogens is 506 g/mol. The number of phenolic OH excluding ortho intramolecular Hbond substituents is 1. The molecule has 0 bridgehead atoms. The van der Waals surface area contributed by atoms with Crippen molar-refractivity contribution in [3.63, 3.8) is 0 Å². The summed E-state index contributed by atoms with van der Waals surface area (Å²) in [5, 5.41) is 23.8. The fourth-order valence-corrected chi connectivity index (χ4v) is 5.06. The number of nitrogens with one attached hydrogen (secondary N) is 1. The van der Waals surface area contributed by atoms with E-state index in [4.69, 9.17) is 4.74 Å². The third-order valence-electron chi connectivity index (χ3n) is 7.00. The van der Waals surface area contributed by atoms with Gasteiger partial charge in [-0.3, -0.25) is 9.78 Å². The Labute approximate surface area is 231 Å². The number of rotatable bonds is 11. The van der Waals surface area contributed by atoms with Gasteiger partial charge in [0, 0.05) is 36.0 Å². The topological polar surface area (TPSA) is 114 Å². The predicted molar refractivity (Wildman–Crippen MR) is 154 cm³/mol. The second-order valence-electron chi connectivity index (χ2n) is 9.83. The van der Waals surface area contributed by atoms with Crippen LogP contribution in [-0.2, 0) is 29.0 Å². The SMILES string of the molecule is Cc1nccc2c3ccc(OCC(=O)N[C@@H](Cc4ccc(O)cc4)C(=O)O)cc3n(CCCc3ccccc3)c12. The van der Waals surface area contributed by atoms with Crippen LogP contribution in [-0.4, -0.2) is 44.3 Å². The first-order valence-electron chi connectivity index (χ1n) is 13.2. The minimum Gasteiger partial charge on any atom is -0.508 e. The Kier molecular flexibility index (Phi) is 7.96. The summed E-state index contributed by atoms with van der Waals surface area (Å²) >= 11 is 0. The van der Waals surface area contributed by atoms with Crippen LogP contribution in [0.25, 0.3) is 21.8 Å². The number of amides is 1. The number of pyridine rings is 1. The Morgan fingerprint density at radius 2 is 1.75 bits per heavy atom. The second kappa shape index (κ2) is 11.9. The fraction of sp³-hybridized carbons (Fsp3) is 0.219. The number of aliphatic carboxylic acids is 1. The number of carboxylic acids is 1. The number of aromatic hydroxyl groups is 1. The lowest BCUT2D eigenvalue weighted by Gasteiger charge is -2.15. The third kappa shape index (κ3) is 6.07. The van der Waals surface area contributed by atoms with Crippen molar-refractivity contribution in [2.75, 3.05) is 6.61 Å². The van der Waals surface area contributed by atoms with Gasteiger partial charge in [0.1, 0.15) is 17.5 Å². The molecule has 0 aliphatic rings. The van der Waals surface area contributed by atoms with Crippen molar-refractivity contribution in [3.05, 3.63) is 102 Å². The van der Waals surface area contributed by atoms with Crippen LogP contribution in [0.3, 0.4) is 0 Å². The van der Waals surface area contributed by atoms with Crippen molar-refractivity contribution < 1.29 is 24.5 Å². The number of phenols is 1. The number of benzene rings is 3. The summed E-state index contributed by atoms with van der Waals surface area (Å²) in [5.41, 5.74) is 5.00. The quantitative estimate of drug-likeness (QED) is 0.218. The van der Waals surface area contributed by atoms with Gasteiger partial charge in [-0.2, -0.15) is 0 Å². The molecule has 3 aromatic carbocycles. The summed E-state index contributed by atoms with van der Waals surface area (Å²) in [6.45, 7) is 2.48. The van der Waals surface area contributed by atoms with Crippen LogP contribution < -0.4 is 10.1 Å². The maximum absolute atomic E-state index is 12.6. The van der Waals surface area contributed by atoms with Crippen LogP contribution in [0, 0.1) is 6.92 Å². The predicted octanol–water partition coefficient (Wildman–Crippen LogP) is 5.03. The van der Waals surface area contributed by atoms with Crippen LogP contribution in [0.1, 0.15) is 23.2 Å².